The Morgan fingerprint density at radius 3 is 2.47 bits per heavy atom. The van der Waals surface area contributed by atoms with Crippen molar-refractivity contribution in [3.63, 3.8) is 0 Å². The number of piperidine rings is 2. The van der Waals surface area contributed by atoms with E-state index in [0.29, 0.717) is 18.0 Å². The number of hydrogen-bond donors (Lipinski definition) is 1. The highest BCUT2D eigenvalue weighted by atomic mass is 16.2. The van der Waals surface area contributed by atoms with Gasteiger partial charge in [-0.05, 0) is 65.2 Å². The van der Waals surface area contributed by atoms with Gasteiger partial charge in [-0.2, -0.15) is 0 Å². The zero-order chi connectivity index (χ0) is 13.2. The third kappa shape index (κ3) is 3.48. The van der Waals surface area contributed by atoms with E-state index in [-0.39, 0.29) is 5.92 Å². The molecule has 0 aromatic carbocycles. The Morgan fingerprint density at radius 2 is 1.79 bits per heavy atom. The highest BCUT2D eigenvalue weighted by molar-refractivity contribution is 5.79. The van der Waals surface area contributed by atoms with Crippen LogP contribution in [0.1, 0.15) is 38.5 Å². The van der Waals surface area contributed by atoms with Crippen LogP contribution in [0.15, 0.2) is 0 Å². The van der Waals surface area contributed by atoms with E-state index in [1.165, 1.54) is 51.7 Å². The lowest BCUT2D eigenvalue weighted by molar-refractivity contribution is -0.127. The largest absolute Gasteiger partial charge is 0.353 e. The van der Waals surface area contributed by atoms with Crippen molar-refractivity contribution in [3.8, 4) is 0 Å². The van der Waals surface area contributed by atoms with Gasteiger partial charge < -0.3 is 10.2 Å². The second-order valence-corrected chi connectivity index (χ2v) is 6.65. The first-order chi connectivity index (χ1) is 9.22. The van der Waals surface area contributed by atoms with Crippen molar-refractivity contribution in [1.82, 2.24) is 15.1 Å². The molecule has 0 bridgehead atoms. The summed E-state index contributed by atoms with van der Waals surface area (Å²) in [5, 5.41) is 3.18. The highest BCUT2D eigenvalue weighted by Gasteiger charge is 2.33. The summed E-state index contributed by atoms with van der Waals surface area (Å²) in [5.74, 6) is 0.564. The molecular weight excluding hydrogens is 238 g/mol. The van der Waals surface area contributed by atoms with Crippen LogP contribution in [0.2, 0.25) is 0 Å². The number of nitrogens with one attached hydrogen (secondary N) is 1. The molecule has 2 heterocycles. The summed E-state index contributed by atoms with van der Waals surface area (Å²) in [5.41, 5.74) is 0. The second kappa shape index (κ2) is 5.80. The van der Waals surface area contributed by atoms with E-state index in [0.717, 1.165) is 13.0 Å². The van der Waals surface area contributed by atoms with E-state index in [1.807, 2.05) is 0 Å². The van der Waals surface area contributed by atoms with Gasteiger partial charge in [-0.15, -0.1) is 0 Å². The third-order valence-electron chi connectivity index (χ3n) is 4.95. The number of carbonyl (C=O) groups excluding carboxylic acids is 1. The standard InChI is InChI=1S/C15H27N3O/c1-17-9-6-14(7-10-17)18-8-2-3-12(11-18)15(19)16-13-4-5-13/h12-14H,2-11H2,1H3,(H,16,19). The molecule has 2 saturated heterocycles. The molecule has 0 aromatic rings. The molecule has 1 unspecified atom stereocenters. The Balaban J connectivity index is 1.50. The SMILES string of the molecule is CN1CCC(N2CCCC(C(=O)NC3CC3)C2)CC1. The van der Waals surface area contributed by atoms with Crippen molar-refractivity contribution in [2.45, 2.75) is 50.6 Å². The summed E-state index contributed by atoms with van der Waals surface area (Å²) in [4.78, 5) is 17.2. The Kier molecular flexibility index (Phi) is 4.08. The summed E-state index contributed by atoms with van der Waals surface area (Å²) < 4.78 is 0. The van der Waals surface area contributed by atoms with Gasteiger partial charge in [0.05, 0.1) is 5.92 Å². The molecule has 4 heteroatoms. The lowest BCUT2D eigenvalue weighted by atomic mass is 9.93. The van der Waals surface area contributed by atoms with Gasteiger partial charge in [0.2, 0.25) is 5.91 Å². The van der Waals surface area contributed by atoms with Gasteiger partial charge >= 0.3 is 0 Å². The van der Waals surface area contributed by atoms with Crippen molar-refractivity contribution in [2.75, 3.05) is 33.2 Å². The number of rotatable bonds is 3. The van der Waals surface area contributed by atoms with Gasteiger partial charge in [-0.25, -0.2) is 0 Å². The Hall–Kier alpha value is -0.610. The maximum Gasteiger partial charge on any atom is 0.224 e. The molecule has 0 spiro atoms. The van der Waals surface area contributed by atoms with Crippen LogP contribution in [-0.4, -0.2) is 61.0 Å². The number of carbonyl (C=O) groups is 1. The fraction of sp³-hybridized carbons (Fsp3) is 0.933. The van der Waals surface area contributed by atoms with Crippen molar-refractivity contribution in [3.05, 3.63) is 0 Å². The molecule has 1 amide bonds. The van der Waals surface area contributed by atoms with Gasteiger partial charge in [0, 0.05) is 18.6 Å². The molecule has 3 fully saturated rings. The maximum atomic E-state index is 12.2. The quantitative estimate of drug-likeness (QED) is 0.829. The van der Waals surface area contributed by atoms with Crippen LogP contribution in [0.4, 0.5) is 0 Å². The van der Waals surface area contributed by atoms with Crippen LogP contribution in [0.3, 0.4) is 0 Å². The first-order valence-corrected chi connectivity index (χ1v) is 7.95. The smallest absolute Gasteiger partial charge is 0.224 e. The minimum absolute atomic E-state index is 0.244. The first-order valence-electron chi connectivity index (χ1n) is 7.95. The zero-order valence-corrected chi connectivity index (χ0v) is 12.1. The molecule has 1 atom stereocenters. The number of amides is 1. The molecule has 0 aromatic heterocycles. The molecule has 3 rings (SSSR count). The average Bonchev–Trinajstić information content (AvgIpc) is 3.24. The van der Waals surface area contributed by atoms with E-state index in [9.17, 15) is 4.79 Å². The van der Waals surface area contributed by atoms with Gasteiger partial charge in [-0.3, -0.25) is 9.69 Å². The topological polar surface area (TPSA) is 35.6 Å². The molecule has 1 aliphatic carbocycles. The van der Waals surface area contributed by atoms with E-state index in [4.69, 9.17) is 0 Å². The molecule has 19 heavy (non-hydrogen) atoms. The second-order valence-electron chi connectivity index (χ2n) is 6.65. The summed E-state index contributed by atoms with van der Waals surface area (Å²) in [6.07, 6.45) is 7.20. The lowest BCUT2D eigenvalue weighted by Gasteiger charge is -2.41. The van der Waals surface area contributed by atoms with E-state index < -0.39 is 0 Å². The predicted octanol–water partition coefficient (Wildman–Crippen LogP) is 1.07. The summed E-state index contributed by atoms with van der Waals surface area (Å²) >= 11 is 0. The lowest BCUT2D eigenvalue weighted by Crippen LogP contribution is -2.50. The molecule has 4 nitrogen and oxygen atoms in total. The minimum atomic E-state index is 0.244. The summed E-state index contributed by atoms with van der Waals surface area (Å²) in [6.45, 7) is 4.61. The first kappa shape index (κ1) is 13.4. The van der Waals surface area contributed by atoms with E-state index >= 15 is 0 Å². The number of hydrogen-bond acceptors (Lipinski definition) is 3. The average molecular weight is 265 g/mol. The van der Waals surface area contributed by atoms with Gasteiger partial charge in [0.25, 0.3) is 0 Å². The molecular formula is C15H27N3O. The summed E-state index contributed by atoms with van der Waals surface area (Å²) in [6, 6.07) is 1.22. The van der Waals surface area contributed by atoms with Gasteiger partial charge in [0.1, 0.15) is 0 Å². The predicted molar refractivity (Wildman–Crippen MR) is 76.0 cm³/mol. The Morgan fingerprint density at radius 1 is 1.05 bits per heavy atom. The van der Waals surface area contributed by atoms with E-state index in [2.05, 4.69) is 22.2 Å². The fourth-order valence-corrected chi connectivity index (χ4v) is 3.46. The van der Waals surface area contributed by atoms with Crippen LogP contribution >= 0.6 is 0 Å². The van der Waals surface area contributed by atoms with Crippen molar-refractivity contribution >= 4 is 5.91 Å². The van der Waals surface area contributed by atoms with Crippen molar-refractivity contribution in [2.24, 2.45) is 5.92 Å². The van der Waals surface area contributed by atoms with E-state index in [1.54, 1.807) is 0 Å². The Labute approximate surface area is 116 Å². The number of likely N-dealkylation sites (tertiary alicyclic amines) is 2. The molecule has 108 valence electrons. The van der Waals surface area contributed by atoms with Crippen LogP contribution in [0.25, 0.3) is 0 Å². The molecule has 3 aliphatic rings. The maximum absolute atomic E-state index is 12.2. The van der Waals surface area contributed by atoms with Crippen molar-refractivity contribution in [1.29, 1.82) is 0 Å². The van der Waals surface area contributed by atoms with Gasteiger partial charge in [0.15, 0.2) is 0 Å². The third-order valence-corrected chi connectivity index (χ3v) is 4.95. The molecule has 0 radical (unpaired) electrons. The molecule has 2 aliphatic heterocycles. The molecule has 1 N–H and O–H groups in total. The molecule has 1 saturated carbocycles. The highest BCUT2D eigenvalue weighted by Crippen LogP contribution is 2.25. The van der Waals surface area contributed by atoms with Crippen LogP contribution in [0, 0.1) is 5.92 Å². The van der Waals surface area contributed by atoms with Crippen LogP contribution < -0.4 is 5.32 Å². The minimum Gasteiger partial charge on any atom is -0.353 e. The van der Waals surface area contributed by atoms with Crippen LogP contribution in [0.5, 0.6) is 0 Å². The van der Waals surface area contributed by atoms with Crippen molar-refractivity contribution < 1.29 is 4.79 Å². The Bertz CT molecular complexity index is 321. The van der Waals surface area contributed by atoms with Gasteiger partial charge in [-0.1, -0.05) is 0 Å². The normalized spacial score (nSPS) is 31.3. The zero-order valence-electron chi connectivity index (χ0n) is 12.1. The fourth-order valence-electron chi connectivity index (χ4n) is 3.46. The monoisotopic (exact) mass is 265 g/mol. The van der Waals surface area contributed by atoms with Crippen LogP contribution in [-0.2, 0) is 4.79 Å². The number of nitrogens with zero attached hydrogens (tertiary/aromatic N) is 2. The summed E-state index contributed by atoms with van der Waals surface area (Å²) in [7, 11) is 2.21.